The zero-order valence-electron chi connectivity index (χ0n) is 18.0. The van der Waals surface area contributed by atoms with Crippen LogP contribution in [-0.4, -0.2) is 41.3 Å². The maximum absolute atomic E-state index is 14.2. The van der Waals surface area contributed by atoms with Crippen molar-refractivity contribution >= 4 is 29.9 Å². The Labute approximate surface area is 185 Å². The van der Waals surface area contributed by atoms with E-state index in [2.05, 4.69) is 40.4 Å². The largest absolute Gasteiger partial charge is 0.355 e. The summed E-state index contributed by atoms with van der Waals surface area (Å²) in [5.41, 5.74) is 2.63. The van der Waals surface area contributed by atoms with Gasteiger partial charge in [0.1, 0.15) is 5.82 Å². The molecule has 0 bridgehead atoms. The van der Waals surface area contributed by atoms with Gasteiger partial charge < -0.3 is 10.2 Å². The SMILES string of the molecule is CN=C(NCC(C)(C)c1ccccc1F)N(C)Cc1cn(C)nc1C(C)C.I. The normalized spacial score (nSPS) is 12.1. The van der Waals surface area contributed by atoms with Crippen molar-refractivity contribution in [2.75, 3.05) is 20.6 Å². The predicted octanol–water partition coefficient (Wildman–Crippen LogP) is 4.29. The zero-order valence-corrected chi connectivity index (χ0v) is 20.3. The molecular weight excluding hydrogens is 468 g/mol. The van der Waals surface area contributed by atoms with E-state index in [1.165, 1.54) is 11.6 Å². The third kappa shape index (κ3) is 5.93. The number of hydrogen-bond acceptors (Lipinski definition) is 2. The molecule has 0 aliphatic heterocycles. The van der Waals surface area contributed by atoms with Gasteiger partial charge in [-0.15, -0.1) is 24.0 Å². The maximum Gasteiger partial charge on any atom is 0.193 e. The number of aryl methyl sites for hydroxylation is 1. The van der Waals surface area contributed by atoms with Crippen molar-refractivity contribution in [2.45, 2.75) is 45.6 Å². The third-order valence-electron chi connectivity index (χ3n) is 4.76. The molecule has 156 valence electrons. The minimum absolute atomic E-state index is 0. The first-order valence-electron chi connectivity index (χ1n) is 9.35. The molecular formula is C21H33FIN5. The molecule has 1 aromatic carbocycles. The van der Waals surface area contributed by atoms with Crippen LogP contribution in [0, 0.1) is 5.82 Å². The minimum atomic E-state index is -0.362. The molecule has 5 nitrogen and oxygen atoms in total. The first-order valence-corrected chi connectivity index (χ1v) is 9.35. The van der Waals surface area contributed by atoms with Crippen LogP contribution in [0.3, 0.4) is 0 Å². The van der Waals surface area contributed by atoms with Gasteiger partial charge >= 0.3 is 0 Å². The van der Waals surface area contributed by atoms with Gasteiger partial charge in [-0.2, -0.15) is 5.10 Å². The molecule has 0 aliphatic carbocycles. The zero-order chi connectivity index (χ0) is 20.2. The smallest absolute Gasteiger partial charge is 0.193 e. The summed E-state index contributed by atoms with van der Waals surface area (Å²) in [5, 5.41) is 7.96. The molecule has 0 fully saturated rings. The van der Waals surface area contributed by atoms with Crippen LogP contribution < -0.4 is 5.32 Å². The highest BCUT2D eigenvalue weighted by Gasteiger charge is 2.25. The summed E-state index contributed by atoms with van der Waals surface area (Å²) in [6.45, 7) is 9.65. The second-order valence-corrected chi connectivity index (χ2v) is 7.99. The number of guanidine groups is 1. The molecule has 1 heterocycles. The Morgan fingerprint density at radius 2 is 1.96 bits per heavy atom. The molecule has 0 radical (unpaired) electrons. The van der Waals surface area contributed by atoms with E-state index in [-0.39, 0.29) is 35.2 Å². The van der Waals surface area contributed by atoms with Gasteiger partial charge in [-0.05, 0) is 17.5 Å². The lowest BCUT2D eigenvalue weighted by Gasteiger charge is -2.29. The van der Waals surface area contributed by atoms with Crippen LogP contribution in [-0.2, 0) is 19.0 Å². The summed E-state index contributed by atoms with van der Waals surface area (Å²) in [6, 6.07) is 6.94. The topological polar surface area (TPSA) is 45.5 Å². The Balaban J connectivity index is 0.00000392. The fourth-order valence-corrected chi connectivity index (χ4v) is 3.28. The van der Waals surface area contributed by atoms with Gasteiger partial charge in [0.2, 0.25) is 0 Å². The molecule has 0 amide bonds. The van der Waals surface area contributed by atoms with Gasteiger partial charge in [0.15, 0.2) is 5.96 Å². The molecule has 0 spiro atoms. The number of nitrogens with one attached hydrogen (secondary N) is 1. The number of hydrogen-bond donors (Lipinski definition) is 1. The number of aromatic nitrogens is 2. The molecule has 0 unspecified atom stereocenters. The average molecular weight is 501 g/mol. The lowest BCUT2D eigenvalue weighted by molar-refractivity contribution is 0.436. The maximum atomic E-state index is 14.2. The fourth-order valence-electron chi connectivity index (χ4n) is 3.28. The lowest BCUT2D eigenvalue weighted by atomic mass is 9.84. The Hall–Kier alpha value is -1.64. The van der Waals surface area contributed by atoms with E-state index in [0.717, 1.165) is 11.7 Å². The van der Waals surface area contributed by atoms with E-state index in [0.29, 0.717) is 24.6 Å². The molecule has 2 aromatic rings. The Morgan fingerprint density at radius 3 is 2.54 bits per heavy atom. The van der Waals surface area contributed by atoms with Crippen LogP contribution in [0.1, 0.15) is 50.4 Å². The summed E-state index contributed by atoms with van der Waals surface area (Å²) < 4.78 is 16.0. The highest BCUT2D eigenvalue weighted by atomic mass is 127. The quantitative estimate of drug-likeness (QED) is 0.365. The van der Waals surface area contributed by atoms with Gasteiger partial charge in [0.25, 0.3) is 0 Å². The van der Waals surface area contributed by atoms with E-state index >= 15 is 0 Å². The molecule has 7 heteroatoms. The van der Waals surface area contributed by atoms with Crippen LogP contribution in [0.2, 0.25) is 0 Å². The molecule has 2 rings (SSSR count). The van der Waals surface area contributed by atoms with Crippen molar-refractivity contribution in [3.05, 3.63) is 53.1 Å². The third-order valence-corrected chi connectivity index (χ3v) is 4.76. The molecule has 1 aromatic heterocycles. The van der Waals surface area contributed by atoms with Crippen molar-refractivity contribution in [3.63, 3.8) is 0 Å². The van der Waals surface area contributed by atoms with E-state index < -0.39 is 0 Å². The summed E-state index contributed by atoms with van der Waals surface area (Å²) in [7, 11) is 5.71. The average Bonchev–Trinajstić information content (AvgIpc) is 2.96. The van der Waals surface area contributed by atoms with E-state index in [9.17, 15) is 4.39 Å². The molecule has 1 N–H and O–H groups in total. The van der Waals surface area contributed by atoms with E-state index in [1.807, 2.05) is 44.8 Å². The van der Waals surface area contributed by atoms with Crippen molar-refractivity contribution in [1.82, 2.24) is 20.0 Å². The number of aliphatic imine (C=N–C) groups is 1. The summed E-state index contributed by atoms with van der Waals surface area (Å²) in [6.07, 6.45) is 2.06. The standard InChI is InChI=1S/C21H32FN5.HI/c1-15(2)19-16(13-27(7)25-19)12-26(6)20(23-5)24-14-21(3,4)17-10-8-9-11-18(17)22;/h8-11,13,15H,12,14H2,1-7H3,(H,23,24);1H. The highest BCUT2D eigenvalue weighted by molar-refractivity contribution is 14.0. The molecule has 0 saturated carbocycles. The van der Waals surface area contributed by atoms with Crippen LogP contribution in [0.15, 0.2) is 35.5 Å². The van der Waals surface area contributed by atoms with Crippen LogP contribution in [0.25, 0.3) is 0 Å². The molecule has 0 aliphatic rings. The second kappa shape index (κ2) is 10.2. The van der Waals surface area contributed by atoms with Crippen molar-refractivity contribution in [3.8, 4) is 0 Å². The Bertz CT molecular complexity index is 798. The van der Waals surface area contributed by atoms with E-state index in [1.54, 1.807) is 13.1 Å². The Morgan fingerprint density at radius 1 is 1.32 bits per heavy atom. The monoisotopic (exact) mass is 501 g/mol. The summed E-state index contributed by atoms with van der Waals surface area (Å²) in [4.78, 5) is 6.46. The van der Waals surface area contributed by atoms with Gasteiger partial charge in [-0.25, -0.2) is 4.39 Å². The van der Waals surface area contributed by atoms with Crippen molar-refractivity contribution in [1.29, 1.82) is 0 Å². The minimum Gasteiger partial charge on any atom is -0.355 e. The first-order chi connectivity index (χ1) is 12.7. The fraction of sp³-hybridized carbons (Fsp3) is 0.524. The number of halogens is 2. The molecule has 28 heavy (non-hydrogen) atoms. The van der Waals surface area contributed by atoms with Crippen LogP contribution in [0.4, 0.5) is 4.39 Å². The number of nitrogens with zero attached hydrogens (tertiary/aromatic N) is 4. The highest BCUT2D eigenvalue weighted by Crippen LogP contribution is 2.25. The van der Waals surface area contributed by atoms with Gasteiger partial charge in [0, 0.05) is 51.4 Å². The number of rotatable bonds is 6. The number of benzene rings is 1. The van der Waals surface area contributed by atoms with Gasteiger partial charge in [-0.1, -0.05) is 45.9 Å². The molecule has 0 saturated heterocycles. The van der Waals surface area contributed by atoms with Crippen LogP contribution in [0.5, 0.6) is 0 Å². The van der Waals surface area contributed by atoms with Crippen molar-refractivity contribution < 1.29 is 4.39 Å². The summed E-state index contributed by atoms with van der Waals surface area (Å²) in [5.74, 6) is 0.965. The van der Waals surface area contributed by atoms with Crippen LogP contribution >= 0.6 is 24.0 Å². The Kier molecular flexibility index (Phi) is 8.91. The van der Waals surface area contributed by atoms with Gasteiger partial charge in [-0.3, -0.25) is 9.67 Å². The van der Waals surface area contributed by atoms with Gasteiger partial charge in [0.05, 0.1) is 5.69 Å². The second-order valence-electron chi connectivity index (χ2n) is 7.99. The van der Waals surface area contributed by atoms with Crippen molar-refractivity contribution in [2.24, 2.45) is 12.0 Å². The first kappa shape index (κ1) is 24.4. The molecule has 0 atom stereocenters. The predicted molar refractivity (Wildman–Crippen MR) is 125 cm³/mol. The summed E-state index contributed by atoms with van der Waals surface area (Å²) >= 11 is 0. The van der Waals surface area contributed by atoms with E-state index in [4.69, 9.17) is 0 Å². The lowest BCUT2D eigenvalue weighted by Crippen LogP contribution is -2.44.